The molecule has 0 aliphatic heterocycles. The van der Waals surface area contributed by atoms with E-state index in [9.17, 15) is 8.78 Å². The van der Waals surface area contributed by atoms with Gasteiger partial charge in [0.15, 0.2) is 0 Å². The molecule has 1 aromatic rings. The van der Waals surface area contributed by atoms with E-state index in [0.717, 1.165) is 6.07 Å². The maximum atomic E-state index is 12.6. The fourth-order valence-electron chi connectivity index (χ4n) is 1.14. The quantitative estimate of drug-likeness (QED) is 0.825. The lowest BCUT2D eigenvalue weighted by Gasteiger charge is -2.09. The molecule has 0 aliphatic rings. The van der Waals surface area contributed by atoms with E-state index in [1.165, 1.54) is 7.11 Å². The van der Waals surface area contributed by atoms with E-state index >= 15 is 0 Å². The number of halogens is 2. The molecule has 6 heteroatoms. The molecule has 0 amide bonds. The summed E-state index contributed by atoms with van der Waals surface area (Å²) in [6.07, 6.45) is -2.85. The summed E-state index contributed by atoms with van der Waals surface area (Å²) in [6, 6.07) is 2.73. The molecule has 0 fully saturated rings. The minimum atomic E-state index is -2.85. The van der Waals surface area contributed by atoms with Crippen molar-refractivity contribution in [2.75, 3.05) is 7.11 Å². The van der Waals surface area contributed by atoms with Crippen LogP contribution in [-0.4, -0.2) is 17.2 Å². The summed E-state index contributed by atoms with van der Waals surface area (Å²) in [6.45, 7) is -0.661. The van der Waals surface area contributed by atoms with Crippen molar-refractivity contribution in [1.82, 2.24) is 4.98 Å². The first kappa shape index (κ1) is 11.3. The van der Waals surface area contributed by atoms with Gasteiger partial charge in [0, 0.05) is 6.07 Å². The fraction of sp³-hybridized carbons (Fsp3) is 0.333. The summed E-state index contributed by atoms with van der Waals surface area (Å²) < 4.78 is 29.8. The molecule has 1 heterocycles. The van der Waals surface area contributed by atoms with Crippen LogP contribution < -0.4 is 4.74 Å². The highest BCUT2D eigenvalue weighted by Crippen LogP contribution is 2.28. The highest BCUT2D eigenvalue weighted by atomic mass is 19.3. The normalized spacial score (nSPS) is 10.1. The van der Waals surface area contributed by atoms with Gasteiger partial charge in [-0.3, -0.25) is 0 Å². The number of hydrogen-bond donors (Lipinski definition) is 1. The van der Waals surface area contributed by atoms with Crippen LogP contribution in [0.25, 0.3) is 0 Å². The third kappa shape index (κ3) is 2.19. The molecule has 0 aromatic carbocycles. The first-order chi connectivity index (χ1) is 7.13. The van der Waals surface area contributed by atoms with Gasteiger partial charge < -0.3 is 9.84 Å². The first-order valence-electron chi connectivity index (χ1n) is 4.01. The third-order valence-electron chi connectivity index (χ3n) is 1.81. The Morgan fingerprint density at radius 2 is 2.33 bits per heavy atom. The number of ether oxygens (including phenoxy) is 1. The van der Waals surface area contributed by atoms with Gasteiger partial charge in [0.2, 0.25) is 5.88 Å². The van der Waals surface area contributed by atoms with Crippen molar-refractivity contribution in [1.29, 1.82) is 5.26 Å². The smallest absolute Gasteiger partial charge is 0.266 e. The molecule has 15 heavy (non-hydrogen) atoms. The number of aliphatic hydroxyl groups excluding tert-OH is 1. The molecular weight excluding hydrogens is 206 g/mol. The minimum Gasteiger partial charge on any atom is -0.481 e. The van der Waals surface area contributed by atoms with E-state index < -0.39 is 18.6 Å². The van der Waals surface area contributed by atoms with E-state index in [1.54, 1.807) is 6.07 Å². The lowest BCUT2D eigenvalue weighted by Crippen LogP contribution is -2.04. The zero-order chi connectivity index (χ0) is 11.4. The summed E-state index contributed by atoms with van der Waals surface area (Å²) in [5, 5.41) is 17.5. The Bertz CT molecular complexity index is 402. The molecule has 0 unspecified atom stereocenters. The second-order valence-corrected chi connectivity index (χ2v) is 2.64. The fourth-order valence-corrected chi connectivity index (χ4v) is 1.14. The zero-order valence-corrected chi connectivity index (χ0v) is 7.87. The molecule has 4 nitrogen and oxygen atoms in total. The number of nitrogens with zero attached hydrogens (tertiary/aromatic N) is 2. The highest BCUT2D eigenvalue weighted by molar-refractivity contribution is 5.43. The number of aliphatic hydroxyl groups is 1. The van der Waals surface area contributed by atoms with Crippen LogP contribution >= 0.6 is 0 Å². The zero-order valence-electron chi connectivity index (χ0n) is 7.87. The van der Waals surface area contributed by atoms with Crippen LogP contribution in [0.4, 0.5) is 8.78 Å². The molecule has 0 aliphatic carbocycles. The highest BCUT2D eigenvalue weighted by Gasteiger charge is 2.20. The van der Waals surface area contributed by atoms with Gasteiger partial charge >= 0.3 is 0 Å². The Morgan fingerprint density at radius 3 is 2.73 bits per heavy atom. The van der Waals surface area contributed by atoms with Crippen molar-refractivity contribution >= 4 is 0 Å². The van der Waals surface area contributed by atoms with E-state index in [-0.39, 0.29) is 17.1 Å². The Balaban J connectivity index is 3.41. The maximum absolute atomic E-state index is 12.6. The van der Waals surface area contributed by atoms with Crippen molar-refractivity contribution in [3.8, 4) is 11.9 Å². The van der Waals surface area contributed by atoms with Crippen LogP contribution in [0.2, 0.25) is 0 Å². The number of hydrogen-bond acceptors (Lipinski definition) is 4. The molecule has 0 saturated carbocycles. The Hall–Kier alpha value is -1.74. The summed E-state index contributed by atoms with van der Waals surface area (Å²) in [5.41, 5.74) is -1.01. The molecule has 0 atom stereocenters. The predicted octanol–water partition coefficient (Wildman–Crippen LogP) is 1.39. The summed E-state index contributed by atoms with van der Waals surface area (Å²) >= 11 is 0. The second kappa shape index (κ2) is 4.66. The average Bonchev–Trinajstić information content (AvgIpc) is 2.26. The molecule has 0 radical (unpaired) electrons. The van der Waals surface area contributed by atoms with Crippen molar-refractivity contribution in [2.24, 2.45) is 0 Å². The third-order valence-corrected chi connectivity index (χ3v) is 1.81. The van der Waals surface area contributed by atoms with E-state index in [2.05, 4.69) is 4.98 Å². The van der Waals surface area contributed by atoms with Crippen LogP contribution in [0.3, 0.4) is 0 Å². The van der Waals surface area contributed by atoms with Crippen LogP contribution in [0.5, 0.6) is 5.88 Å². The van der Waals surface area contributed by atoms with Crippen molar-refractivity contribution in [3.05, 3.63) is 22.9 Å². The van der Waals surface area contributed by atoms with E-state index in [0.29, 0.717) is 0 Å². The molecule has 1 rings (SSSR count). The van der Waals surface area contributed by atoms with Crippen LogP contribution in [-0.2, 0) is 6.61 Å². The SMILES string of the molecule is COc1cc(C#N)c(C(F)F)c(CO)n1. The number of aromatic nitrogens is 1. The largest absolute Gasteiger partial charge is 0.481 e. The van der Waals surface area contributed by atoms with Gasteiger partial charge in [-0.25, -0.2) is 13.8 Å². The van der Waals surface area contributed by atoms with Gasteiger partial charge in [0.25, 0.3) is 6.43 Å². The van der Waals surface area contributed by atoms with Gasteiger partial charge in [-0.2, -0.15) is 5.26 Å². The van der Waals surface area contributed by atoms with Gasteiger partial charge in [-0.05, 0) is 0 Å². The van der Waals surface area contributed by atoms with E-state index in [4.69, 9.17) is 15.1 Å². The number of nitriles is 1. The molecule has 0 spiro atoms. The lowest BCUT2D eigenvalue weighted by atomic mass is 10.1. The molecule has 0 saturated heterocycles. The van der Waals surface area contributed by atoms with Gasteiger partial charge in [-0.1, -0.05) is 0 Å². The van der Waals surface area contributed by atoms with Gasteiger partial charge in [0.05, 0.1) is 36.6 Å². The first-order valence-corrected chi connectivity index (χ1v) is 4.01. The standard InChI is InChI=1S/C9H8F2N2O2/c1-15-7-2-5(3-12)8(9(10)11)6(4-14)13-7/h2,9,14H,4H2,1H3. The van der Waals surface area contributed by atoms with E-state index in [1.807, 2.05) is 0 Å². The lowest BCUT2D eigenvalue weighted by molar-refractivity contribution is 0.145. The summed E-state index contributed by atoms with van der Waals surface area (Å²) in [7, 11) is 1.30. The van der Waals surface area contributed by atoms with Crippen LogP contribution in [0.15, 0.2) is 6.07 Å². The Kier molecular flexibility index (Phi) is 3.52. The van der Waals surface area contributed by atoms with Crippen LogP contribution in [0.1, 0.15) is 23.2 Å². The van der Waals surface area contributed by atoms with Crippen LogP contribution in [0, 0.1) is 11.3 Å². The summed E-state index contributed by atoms with van der Waals surface area (Å²) in [4.78, 5) is 3.64. The number of methoxy groups -OCH3 is 1. The summed E-state index contributed by atoms with van der Waals surface area (Å²) in [5.74, 6) is 0.0278. The van der Waals surface area contributed by atoms with Crippen molar-refractivity contribution in [3.63, 3.8) is 0 Å². The Labute approximate surface area is 84.7 Å². The molecular formula is C9H8F2N2O2. The monoisotopic (exact) mass is 214 g/mol. The molecule has 80 valence electrons. The van der Waals surface area contributed by atoms with Gasteiger partial charge in [-0.15, -0.1) is 0 Å². The van der Waals surface area contributed by atoms with Crippen molar-refractivity contribution < 1.29 is 18.6 Å². The number of pyridine rings is 1. The molecule has 1 N–H and O–H groups in total. The maximum Gasteiger partial charge on any atom is 0.266 e. The number of rotatable bonds is 3. The van der Waals surface area contributed by atoms with Crippen molar-refractivity contribution in [2.45, 2.75) is 13.0 Å². The minimum absolute atomic E-state index is 0.0278. The predicted molar refractivity (Wildman–Crippen MR) is 46.4 cm³/mol. The Morgan fingerprint density at radius 1 is 1.67 bits per heavy atom. The molecule has 0 bridgehead atoms. The molecule has 1 aromatic heterocycles. The number of alkyl halides is 2. The topological polar surface area (TPSA) is 66.1 Å². The average molecular weight is 214 g/mol. The van der Waals surface area contributed by atoms with Gasteiger partial charge in [0.1, 0.15) is 0 Å². The second-order valence-electron chi connectivity index (χ2n) is 2.64.